The van der Waals surface area contributed by atoms with Crippen LogP contribution in [0.2, 0.25) is 0 Å². The van der Waals surface area contributed by atoms with E-state index in [1.165, 1.54) is 23.1 Å². The number of rotatable bonds is 5. The summed E-state index contributed by atoms with van der Waals surface area (Å²) in [6, 6.07) is 12.4. The van der Waals surface area contributed by atoms with Crippen LogP contribution >= 0.6 is 0 Å². The van der Waals surface area contributed by atoms with Crippen LogP contribution in [0.1, 0.15) is 47.6 Å². The lowest BCUT2D eigenvalue weighted by molar-refractivity contribution is 0.424. The molecule has 0 N–H and O–H groups in total. The van der Waals surface area contributed by atoms with Gasteiger partial charge < -0.3 is 0 Å². The number of hydrogen-bond donors (Lipinski definition) is 0. The number of fused-ring (bicyclic) bond motifs is 1. The highest BCUT2D eigenvalue weighted by atomic mass is 19.1. The second kappa shape index (κ2) is 7.12. The quantitative estimate of drug-likeness (QED) is 0.658. The molecule has 0 aromatic heterocycles. The second-order valence-electron chi connectivity index (χ2n) is 6.66. The number of benzene rings is 2. The van der Waals surface area contributed by atoms with E-state index >= 15 is 0 Å². The number of hydrogen-bond acceptors (Lipinski definition) is 0. The Morgan fingerprint density at radius 2 is 2.04 bits per heavy atom. The van der Waals surface area contributed by atoms with Crippen molar-refractivity contribution in [2.24, 2.45) is 5.92 Å². The molecular weight excluding hydrogens is 283 g/mol. The van der Waals surface area contributed by atoms with Gasteiger partial charge in [-0.15, -0.1) is 0 Å². The van der Waals surface area contributed by atoms with E-state index in [9.17, 15) is 4.39 Å². The molecule has 0 radical (unpaired) electrons. The van der Waals surface area contributed by atoms with Gasteiger partial charge in [-0.3, -0.25) is 0 Å². The molecule has 2 aromatic carbocycles. The molecule has 0 bridgehead atoms. The van der Waals surface area contributed by atoms with E-state index < -0.39 is 0 Å². The van der Waals surface area contributed by atoms with Crippen LogP contribution in [0.5, 0.6) is 0 Å². The Bertz CT molecular complexity index is 699. The Morgan fingerprint density at radius 1 is 1.17 bits per heavy atom. The van der Waals surface area contributed by atoms with Gasteiger partial charge in [0.1, 0.15) is 5.82 Å². The molecule has 0 heterocycles. The van der Waals surface area contributed by atoms with Crippen molar-refractivity contribution < 1.29 is 4.39 Å². The molecule has 23 heavy (non-hydrogen) atoms. The lowest BCUT2D eigenvalue weighted by Crippen LogP contribution is -2.15. The molecule has 1 aliphatic carbocycles. The van der Waals surface area contributed by atoms with Crippen molar-refractivity contribution in [3.63, 3.8) is 0 Å². The summed E-state index contributed by atoms with van der Waals surface area (Å²) < 4.78 is 14.1. The van der Waals surface area contributed by atoms with Crippen molar-refractivity contribution in [3.05, 3.63) is 76.6 Å². The lowest BCUT2D eigenvalue weighted by Gasteiger charge is -2.25. The molecule has 1 atom stereocenters. The topological polar surface area (TPSA) is 0 Å². The van der Waals surface area contributed by atoms with Gasteiger partial charge in [0, 0.05) is 0 Å². The van der Waals surface area contributed by atoms with Crippen LogP contribution in [0.15, 0.2) is 43.0 Å². The fourth-order valence-electron chi connectivity index (χ4n) is 3.60. The van der Waals surface area contributed by atoms with E-state index in [0.717, 1.165) is 43.2 Å². The average molecular weight is 308 g/mol. The Kier molecular flexibility index (Phi) is 4.95. The van der Waals surface area contributed by atoms with Crippen LogP contribution in [0.3, 0.4) is 0 Å². The third kappa shape index (κ3) is 3.72. The van der Waals surface area contributed by atoms with E-state index in [1.807, 2.05) is 12.1 Å². The van der Waals surface area contributed by atoms with Crippen molar-refractivity contribution in [1.29, 1.82) is 0 Å². The molecule has 2 aromatic rings. The van der Waals surface area contributed by atoms with Crippen molar-refractivity contribution in [2.45, 2.75) is 45.4 Å². The summed E-state index contributed by atoms with van der Waals surface area (Å²) >= 11 is 0. The average Bonchev–Trinajstić information content (AvgIpc) is 2.60. The van der Waals surface area contributed by atoms with Gasteiger partial charge in [-0.05, 0) is 78.3 Å². The zero-order valence-corrected chi connectivity index (χ0v) is 13.9. The standard InChI is InChI=1S/C22H25F/c1-3-16-6-11-21-14-18(8-12-20(21)13-16)7-10-19-9-5-17(4-2)15-22(19)23/h3,5-6,9,11,13,15,18H,1,4,7-8,10,12,14H2,2H3. The molecule has 0 saturated carbocycles. The van der Waals surface area contributed by atoms with Gasteiger partial charge in [0.15, 0.2) is 0 Å². The maximum absolute atomic E-state index is 14.1. The highest BCUT2D eigenvalue weighted by Crippen LogP contribution is 2.29. The Hall–Kier alpha value is -1.89. The fraction of sp³-hybridized carbons (Fsp3) is 0.364. The zero-order chi connectivity index (χ0) is 16.2. The smallest absolute Gasteiger partial charge is 0.126 e. The molecular formula is C22H25F. The highest BCUT2D eigenvalue weighted by molar-refractivity contribution is 5.50. The SMILES string of the molecule is C=Cc1ccc2c(c1)CCC(CCc1ccc(CC)cc1F)C2. The van der Waals surface area contributed by atoms with Gasteiger partial charge in [-0.1, -0.05) is 49.9 Å². The molecule has 1 unspecified atom stereocenters. The minimum absolute atomic E-state index is 0.0313. The molecule has 0 amide bonds. The minimum atomic E-state index is -0.0313. The lowest BCUT2D eigenvalue weighted by atomic mass is 9.80. The highest BCUT2D eigenvalue weighted by Gasteiger charge is 2.19. The van der Waals surface area contributed by atoms with Gasteiger partial charge in [0.05, 0.1) is 0 Å². The zero-order valence-electron chi connectivity index (χ0n) is 13.9. The van der Waals surface area contributed by atoms with E-state index in [-0.39, 0.29) is 5.82 Å². The Labute approximate surface area is 139 Å². The summed E-state index contributed by atoms with van der Waals surface area (Å²) in [5, 5.41) is 0. The first-order chi connectivity index (χ1) is 11.2. The Balaban J connectivity index is 1.62. The predicted molar refractivity (Wildman–Crippen MR) is 96.1 cm³/mol. The van der Waals surface area contributed by atoms with Gasteiger partial charge in [0.25, 0.3) is 0 Å². The summed E-state index contributed by atoms with van der Waals surface area (Å²) in [4.78, 5) is 0. The molecule has 1 heteroatoms. The first-order valence-corrected chi connectivity index (χ1v) is 8.71. The van der Waals surface area contributed by atoms with Gasteiger partial charge in [0.2, 0.25) is 0 Å². The van der Waals surface area contributed by atoms with Crippen molar-refractivity contribution in [3.8, 4) is 0 Å². The van der Waals surface area contributed by atoms with Crippen LogP contribution in [0, 0.1) is 11.7 Å². The second-order valence-corrected chi connectivity index (χ2v) is 6.66. The summed E-state index contributed by atoms with van der Waals surface area (Å²) in [7, 11) is 0. The van der Waals surface area contributed by atoms with E-state index in [0.29, 0.717) is 5.92 Å². The largest absolute Gasteiger partial charge is 0.207 e. The third-order valence-corrected chi connectivity index (χ3v) is 5.14. The predicted octanol–water partition coefficient (Wildman–Crippen LogP) is 5.77. The van der Waals surface area contributed by atoms with Crippen LogP contribution in [-0.4, -0.2) is 0 Å². The van der Waals surface area contributed by atoms with Crippen molar-refractivity contribution in [1.82, 2.24) is 0 Å². The minimum Gasteiger partial charge on any atom is -0.207 e. The van der Waals surface area contributed by atoms with Crippen LogP contribution < -0.4 is 0 Å². The molecule has 0 fully saturated rings. The monoisotopic (exact) mass is 308 g/mol. The number of aryl methyl sites for hydroxylation is 3. The van der Waals surface area contributed by atoms with Crippen molar-refractivity contribution >= 4 is 6.08 Å². The van der Waals surface area contributed by atoms with Crippen molar-refractivity contribution in [2.75, 3.05) is 0 Å². The maximum Gasteiger partial charge on any atom is 0.126 e. The molecule has 0 saturated heterocycles. The molecule has 0 aliphatic heterocycles. The van der Waals surface area contributed by atoms with Crippen LogP contribution in [0.4, 0.5) is 4.39 Å². The van der Waals surface area contributed by atoms with Crippen LogP contribution in [-0.2, 0) is 25.7 Å². The number of halogens is 1. The Morgan fingerprint density at radius 3 is 2.78 bits per heavy atom. The third-order valence-electron chi connectivity index (χ3n) is 5.14. The van der Waals surface area contributed by atoms with Gasteiger partial charge in [-0.2, -0.15) is 0 Å². The fourth-order valence-corrected chi connectivity index (χ4v) is 3.60. The molecule has 0 nitrogen and oxygen atoms in total. The molecule has 1 aliphatic rings. The summed E-state index contributed by atoms with van der Waals surface area (Å²) in [5.74, 6) is 0.638. The van der Waals surface area contributed by atoms with Gasteiger partial charge >= 0.3 is 0 Å². The van der Waals surface area contributed by atoms with E-state index in [2.05, 4.69) is 37.8 Å². The summed E-state index contributed by atoms with van der Waals surface area (Å²) in [6.07, 6.45) is 8.20. The molecule has 3 rings (SSSR count). The van der Waals surface area contributed by atoms with E-state index in [1.54, 1.807) is 6.07 Å². The summed E-state index contributed by atoms with van der Waals surface area (Å²) in [6.45, 7) is 5.90. The summed E-state index contributed by atoms with van der Waals surface area (Å²) in [5.41, 5.74) is 6.09. The maximum atomic E-state index is 14.1. The van der Waals surface area contributed by atoms with Gasteiger partial charge in [-0.25, -0.2) is 4.39 Å². The molecule has 0 spiro atoms. The van der Waals surface area contributed by atoms with Crippen LogP contribution in [0.25, 0.3) is 6.08 Å². The normalized spacial score (nSPS) is 16.9. The molecule has 120 valence electrons. The first-order valence-electron chi connectivity index (χ1n) is 8.71. The van der Waals surface area contributed by atoms with E-state index in [4.69, 9.17) is 0 Å². The first kappa shape index (κ1) is 16.0.